The van der Waals surface area contributed by atoms with Crippen LogP contribution in [0.3, 0.4) is 0 Å². The van der Waals surface area contributed by atoms with Crippen molar-refractivity contribution in [2.45, 2.75) is 27.7 Å². The maximum atomic E-state index is 12.4. The standard InChI is InChI=1S/C20H24N2O3/c1-13-10-14(2)20(15(3)11-13)22(16(4)23)12-19(24)21-17-6-8-18(25-5)9-7-17/h6-11H,12H2,1-5H3,(H,21,24). The van der Waals surface area contributed by atoms with Crippen LogP contribution in [0, 0.1) is 20.8 Å². The molecular weight excluding hydrogens is 316 g/mol. The summed E-state index contributed by atoms with van der Waals surface area (Å²) in [5.74, 6) is 0.300. The fourth-order valence-corrected chi connectivity index (χ4v) is 2.96. The molecule has 0 unspecified atom stereocenters. The van der Waals surface area contributed by atoms with E-state index in [9.17, 15) is 9.59 Å². The van der Waals surface area contributed by atoms with Crippen LogP contribution in [-0.2, 0) is 9.59 Å². The Balaban J connectivity index is 2.19. The number of carbonyl (C=O) groups excluding carboxylic acids is 2. The van der Waals surface area contributed by atoms with Crippen molar-refractivity contribution in [3.8, 4) is 5.75 Å². The van der Waals surface area contributed by atoms with E-state index in [2.05, 4.69) is 5.32 Å². The van der Waals surface area contributed by atoms with E-state index in [1.807, 2.05) is 32.9 Å². The van der Waals surface area contributed by atoms with Gasteiger partial charge in [0.05, 0.1) is 12.8 Å². The number of benzene rings is 2. The van der Waals surface area contributed by atoms with Crippen molar-refractivity contribution < 1.29 is 14.3 Å². The van der Waals surface area contributed by atoms with Gasteiger partial charge < -0.3 is 15.0 Å². The van der Waals surface area contributed by atoms with Crippen molar-refractivity contribution in [3.05, 3.63) is 53.1 Å². The normalized spacial score (nSPS) is 10.3. The molecule has 0 aliphatic heterocycles. The molecule has 2 amide bonds. The van der Waals surface area contributed by atoms with Crippen LogP contribution in [0.4, 0.5) is 11.4 Å². The number of hydrogen-bond donors (Lipinski definition) is 1. The van der Waals surface area contributed by atoms with Crippen LogP contribution in [0.25, 0.3) is 0 Å². The minimum absolute atomic E-state index is 0.0356. The average molecular weight is 340 g/mol. The second-order valence-corrected chi connectivity index (χ2v) is 6.13. The minimum Gasteiger partial charge on any atom is -0.497 e. The van der Waals surface area contributed by atoms with Crippen LogP contribution in [0.1, 0.15) is 23.6 Å². The lowest BCUT2D eigenvalue weighted by atomic mass is 10.0. The molecule has 5 heteroatoms. The van der Waals surface area contributed by atoms with E-state index in [0.717, 1.165) is 22.4 Å². The molecule has 2 aromatic carbocycles. The van der Waals surface area contributed by atoms with Crippen molar-refractivity contribution in [3.63, 3.8) is 0 Å². The number of ether oxygens (including phenoxy) is 1. The molecule has 0 fully saturated rings. The van der Waals surface area contributed by atoms with Crippen LogP contribution >= 0.6 is 0 Å². The number of carbonyl (C=O) groups is 2. The molecule has 25 heavy (non-hydrogen) atoms. The summed E-state index contributed by atoms with van der Waals surface area (Å²) in [6, 6.07) is 11.1. The molecule has 2 aromatic rings. The number of rotatable bonds is 5. The van der Waals surface area contributed by atoms with Crippen molar-refractivity contribution >= 4 is 23.2 Å². The number of nitrogens with zero attached hydrogens (tertiary/aromatic N) is 1. The highest BCUT2D eigenvalue weighted by Crippen LogP contribution is 2.26. The minimum atomic E-state index is -0.250. The first-order valence-corrected chi connectivity index (χ1v) is 8.11. The predicted octanol–water partition coefficient (Wildman–Crippen LogP) is 3.61. The first-order valence-electron chi connectivity index (χ1n) is 8.11. The third-order valence-corrected chi connectivity index (χ3v) is 3.96. The van der Waals surface area contributed by atoms with Gasteiger partial charge in [-0.2, -0.15) is 0 Å². The van der Waals surface area contributed by atoms with Crippen LogP contribution in [-0.4, -0.2) is 25.5 Å². The van der Waals surface area contributed by atoms with E-state index in [0.29, 0.717) is 11.4 Å². The Hall–Kier alpha value is -2.82. The SMILES string of the molecule is COc1ccc(NC(=O)CN(C(C)=O)c2c(C)cc(C)cc2C)cc1. The molecule has 132 valence electrons. The lowest BCUT2D eigenvalue weighted by Gasteiger charge is -2.25. The Morgan fingerprint density at radius 1 is 1.04 bits per heavy atom. The summed E-state index contributed by atoms with van der Waals surface area (Å²) in [4.78, 5) is 26.1. The third kappa shape index (κ3) is 4.59. The topological polar surface area (TPSA) is 58.6 Å². The number of methoxy groups -OCH3 is 1. The van der Waals surface area contributed by atoms with Crippen LogP contribution < -0.4 is 15.0 Å². The Morgan fingerprint density at radius 2 is 1.60 bits per heavy atom. The van der Waals surface area contributed by atoms with E-state index >= 15 is 0 Å². The van der Waals surface area contributed by atoms with Gasteiger partial charge in [0, 0.05) is 12.6 Å². The first kappa shape index (κ1) is 18.5. The quantitative estimate of drug-likeness (QED) is 0.904. The lowest BCUT2D eigenvalue weighted by Crippen LogP contribution is -2.37. The number of aryl methyl sites for hydroxylation is 3. The Morgan fingerprint density at radius 3 is 2.08 bits per heavy atom. The second kappa shape index (κ2) is 7.83. The summed E-state index contributed by atoms with van der Waals surface area (Å²) in [7, 11) is 1.59. The molecule has 0 atom stereocenters. The summed E-state index contributed by atoms with van der Waals surface area (Å²) in [6.45, 7) is 7.35. The van der Waals surface area contributed by atoms with E-state index < -0.39 is 0 Å². The molecule has 0 radical (unpaired) electrons. The largest absolute Gasteiger partial charge is 0.497 e. The van der Waals surface area contributed by atoms with Crippen molar-refractivity contribution in [2.75, 3.05) is 23.9 Å². The molecule has 1 N–H and O–H groups in total. The average Bonchev–Trinajstić information content (AvgIpc) is 2.53. The fraction of sp³-hybridized carbons (Fsp3) is 0.300. The maximum absolute atomic E-state index is 12.4. The lowest BCUT2D eigenvalue weighted by molar-refractivity contribution is -0.120. The van der Waals surface area contributed by atoms with Gasteiger partial charge in [-0.1, -0.05) is 17.7 Å². The molecule has 0 bridgehead atoms. The zero-order valence-electron chi connectivity index (χ0n) is 15.3. The van der Waals surface area contributed by atoms with Gasteiger partial charge in [-0.15, -0.1) is 0 Å². The molecule has 0 spiro atoms. The number of amides is 2. The molecule has 0 saturated carbocycles. The Kier molecular flexibility index (Phi) is 5.80. The second-order valence-electron chi connectivity index (χ2n) is 6.13. The van der Waals surface area contributed by atoms with E-state index in [-0.39, 0.29) is 18.4 Å². The maximum Gasteiger partial charge on any atom is 0.244 e. The van der Waals surface area contributed by atoms with Crippen molar-refractivity contribution in [2.24, 2.45) is 0 Å². The fourth-order valence-electron chi connectivity index (χ4n) is 2.96. The number of nitrogens with one attached hydrogen (secondary N) is 1. The zero-order chi connectivity index (χ0) is 18.6. The van der Waals surface area contributed by atoms with Crippen LogP contribution in [0.2, 0.25) is 0 Å². The molecule has 0 aliphatic carbocycles. The third-order valence-electron chi connectivity index (χ3n) is 3.96. The highest BCUT2D eigenvalue weighted by molar-refractivity contribution is 6.02. The molecule has 0 aliphatic rings. The summed E-state index contributed by atoms with van der Waals surface area (Å²) in [5.41, 5.74) is 4.54. The van der Waals surface area contributed by atoms with Crippen LogP contribution in [0.15, 0.2) is 36.4 Å². The van der Waals surface area contributed by atoms with Crippen molar-refractivity contribution in [1.82, 2.24) is 0 Å². The van der Waals surface area contributed by atoms with Gasteiger partial charge in [0.2, 0.25) is 11.8 Å². The first-order chi connectivity index (χ1) is 11.8. The highest BCUT2D eigenvalue weighted by Gasteiger charge is 2.19. The monoisotopic (exact) mass is 340 g/mol. The zero-order valence-corrected chi connectivity index (χ0v) is 15.3. The summed E-state index contributed by atoms with van der Waals surface area (Å²) >= 11 is 0. The van der Waals surface area contributed by atoms with Gasteiger partial charge in [0.15, 0.2) is 0 Å². The predicted molar refractivity (Wildman–Crippen MR) is 100 cm³/mol. The number of anilines is 2. The summed E-state index contributed by atoms with van der Waals surface area (Å²) in [6.07, 6.45) is 0. The van der Waals surface area contributed by atoms with Gasteiger partial charge in [0.25, 0.3) is 0 Å². The van der Waals surface area contributed by atoms with Gasteiger partial charge in [-0.3, -0.25) is 9.59 Å². The molecular formula is C20H24N2O3. The molecule has 5 nitrogen and oxygen atoms in total. The highest BCUT2D eigenvalue weighted by atomic mass is 16.5. The van der Waals surface area contributed by atoms with Crippen molar-refractivity contribution in [1.29, 1.82) is 0 Å². The van der Waals surface area contributed by atoms with E-state index in [1.54, 1.807) is 31.4 Å². The Labute approximate surface area is 148 Å². The molecule has 2 rings (SSSR count). The van der Waals surface area contributed by atoms with E-state index in [4.69, 9.17) is 4.74 Å². The summed E-state index contributed by atoms with van der Waals surface area (Å²) < 4.78 is 5.10. The number of hydrogen-bond acceptors (Lipinski definition) is 3. The van der Waals surface area contributed by atoms with Gasteiger partial charge in [-0.05, 0) is 56.2 Å². The van der Waals surface area contributed by atoms with Crippen LogP contribution in [0.5, 0.6) is 5.75 Å². The van der Waals surface area contributed by atoms with Gasteiger partial charge in [-0.25, -0.2) is 0 Å². The molecule has 0 saturated heterocycles. The molecule has 0 aromatic heterocycles. The smallest absolute Gasteiger partial charge is 0.244 e. The van der Waals surface area contributed by atoms with E-state index in [1.165, 1.54) is 11.8 Å². The molecule has 0 heterocycles. The Bertz CT molecular complexity index is 759. The van der Waals surface area contributed by atoms with Gasteiger partial charge >= 0.3 is 0 Å². The van der Waals surface area contributed by atoms with Gasteiger partial charge in [0.1, 0.15) is 12.3 Å². The summed E-state index contributed by atoms with van der Waals surface area (Å²) in [5, 5.41) is 2.81.